The molecule has 3 aromatic rings. The summed E-state index contributed by atoms with van der Waals surface area (Å²) < 4.78 is 50.9. The maximum atomic E-state index is 13.4. The second-order valence-electron chi connectivity index (χ2n) is 7.39. The predicted octanol–water partition coefficient (Wildman–Crippen LogP) is 4.75. The number of hydrogen-bond donors (Lipinski definition) is 1. The third kappa shape index (κ3) is 4.91. The van der Waals surface area contributed by atoms with E-state index in [1.165, 1.54) is 0 Å². The summed E-state index contributed by atoms with van der Waals surface area (Å²) in [4.78, 5) is 6.08. The molecule has 0 radical (unpaired) electrons. The number of hydrogen-bond acceptors (Lipinski definition) is 5. The van der Waals surface area contributed by atoms with E-state index in [1.54, 1.807) is 31.4 Å². The molecule has 1 aliphatic rings. The lowest BCUT2D eigenvalue weighted by Crippen LogP contribution is -2.41. The van der Waals surface area contributed by atoms with Crippen LogP contribution in [0, 0.1) is 0 Å². The molecule has 8 heteroatoms. The first-order chi connectivity index (χ1) is 15.0. The minimum absolute atomic E-state index is 0.0314. The van der Waals surface area contributed by atoms with Crippen LogP contribution in [-0.2, 0) is 10.9 Å². The molecule has 1 saturated heterocycles. The Hall–Kier alpha value is -2.84. The van der Waals surface area contributed by atoms with E-state index in [9.17, 15) is 13.2 Å². The van der Waals surface area contributed by atoms with Crippen molar-refractivity contribution in [2.75, 3.05) is 45.3 Å². The van der Waals surface area contributed by atoms with Gasteiger partial charge < -0.3 is 14.8 Å². The van der Waals surface area contributed by atoms with Crippen LogP contribution in [0.5, 0.6) is 5.75 Å². The Morgan fingerprint density at radius 1 is 1.10 bits per heavy atom. The molecular weight excluding hydrogens is 407 g/mol. The van der Waals surface area contributed by atoms with Crippen LogP contribution in [0.2, 0.25) is 0 Å². The van der Waals surface area contributed by atoms with Gasteiger partial charge in [0.15, 0.2) is 0 Å². The number of halogens is 3. The summed E-state index contributed by atoms with van der Waals surface area (Å²) in [5.74, 6) is 0.757. The average molecular weight is 431 g/mol. The van der Waals surface area contributed by atoms with Gasteiger partial charge in [-0.05, 0) is 29.8 Å². The molecule has 0 amide bonds. The van der Waals surface area contributed by atoms with Crippen LogP contribution in [0.15, 0.2) is 54.6 Å². The topological polar surface area (TPSA) is 46.6 Å². The van der Waals surface area contributed by atoms with Gasteiger partial charge in [0.1, 0.15) is 11.4 Å². The lowest BCUT2D eigenvalue weighted by atomic mass is 10.0. The fraction of sp³-hybridized carbons (Fsp3) is 0.348. The highest BCUT2D eigenvalue weighted by atomic mass is 19.4. The van der Waals surface area contributed by atoms with Gasteiger partial charge in [0, 0.05) is 30.7 Å². The SMILES string of the molecule is COc1ccc(C(CNc2cc(C(F)(F)F)nc3ccccc23)N2CCOCC2)cc1. The predicted molar refractivity (Wildman–Crippen MR) is 113 cm³/mol. The number of morpholine rings is 1. The number of nitrogens with one attached hydrogen (secondary N) is 1. The number of rotatable bonds is 6. The zero-order valence-electron chi connectivity index (χ0n) is 17.2. The summed E-state index contributed by atoms with van der Waals surface area (Å²) in [7, 11) is 1.61. The molecule has 0 spiro atoms. The fourth-order valence-electron chi connectivity index (χ4n) is 3.85. The molecule has 1 aliphatic heterocycles. The first kappa shape index (κ1) is 21.4. The summed E-state index contributed by atoms with van der Waals surface area (Å²) in [6.07, 6.45) is -4.51. The van der Waals surface area contributed by atoms with Gasteiger partial charge in [-0.2, -0.15) is 13.2 Å². The number of benzene rings is 2. The second-order valence-corrected chi connectivity index (χ2v) is 7.39. The molecule has 1 atom stereocenters. The van der Waals surface area contributed by atoms with Gasteiger partial charge in [-0.15, -0.1) is 0 Å². The molecule has 1 N–H and O–H groups in total. The molecule has 1 fully saturated rings. The zero-order valence-corrected chi connectivity index (χ0v) is 17.2. The molecule has 4 rings (SSSR count). The Morgan fingerprint density at radius 2 is 1.81 bits per heavy atom. The molecule has 31 heavy (non-hydrogen) atoms. The summed E-state index contributed by atoms with van der Waals surface area (Å²) >= 11 is 0. The van der Waals surface area contributed by atoms with Crippen LogP contribution in [0.25, 0.3) is 10.9 Å². The standard InChI is InChI=1S/C23H24F3N3O2/c1-30-17-8-6-16(7-9-17)21(29-10-12-31-13-11-29)15-27-20-14-22(23(24,25)26)28-19-5-3-2-4-18(19)20/h2-9,14,21H,10-13,15H2,1H3,(H,27,28). The summed E-state index contributed by atoms with van der Waals surface area (Å²) in [5, 5.41) is 3.93. The quantitative estimate of drug-likeness (QED) is 0.611. The van der Waals surface area contributed by atoms with E-state index in [1.807, 2.05) is 24.3 Å². The van der Waals surface area contributed by atoms with Crippen molar-refractivity contribution in [1.82, 2.24) is 9.88 Å². The Morgan fingerprint density at radius 3 is 2.48 bits per heavy atom. The van der Waals surface area contributed by atoms with Crippen molar-refractivity contribution in [3.63, 3.8) is 0 Å². The van der Waals surface area contributed by atoms with Crippen molar-refractivity contribution in [3.8, 4) is 5.75 Å². The van der Waals surface area contributed by atoms with Crippen molar-refractivity contribution in [2.45, 2.75) is 12.2 Å². The number of pyridine rings is 1. The number of nitrogens with zero attached hydrogens (tertiary/aromatic N) is 2. The number of fused-ring (bicyclic) bond motifs is 1. The van der Waals surface area contributed by atoms with Crippen molar-refractivity contribution in [1.29, 1.82) is 0 Å². The smallest absolute Gasteiger partial charge is 0.433 e. The van der Waals surface area contributed by atoms with Crippen molar-refractivity contribution >= 4 is 16.6 Å². The van der Waals surface area contributed by atoms with E-state index in [0.29, 0.717) is 36.3 Å². The maximum Gasteiger partial charge on any atom is 0.433 e. The summed E-state index contributed by atoms with van der Waals surface area (Å²) in [6.45, 7) is 3.20. The highest BCUT2D eigenvalue weighted by Crippen LogP contribution is 2.34. The van der Waals surface area contributed by atoms with Crippen LogP contribution >= 0.6 is 0 Å². The molecule has 0 aliphatic carbocycles. The Kier molecular flexibility index (Phi) is 6.29. The fourth-order valence-corrected chi connectivity index (χ4v) is 3.85. The van der Waals surface area contributed by atoms with Gasteiger partial charge in [-0.1, -0.05) is 30.3 Å². The van der Waals surface area contributed by atoms with Crippen molar-refractivity contribution in [2.24, 2.45) is 0 Å². The van der Waals surface area contributed by atoms with Crippen LogP contribution < -0.4 is 10.1 Å². The van der Waals surface area contributed by atoms with Crippen LogP contribution in [0.1, 0.15) is 17.3 Å². The highest BCUT2D eigenvalue weighted by molar-refractivity contribution is 5.91. The van der Waals surface area contributed by atoms with Gasteiger partial charge in [-0.25, -0.2) is 4.98 Å². The number of anilines is 1. The highest BCUT2D eigenvalue weighted by Gasteiger charge is 2.33. The van der Waals surface area contributed by atoms with E-state index in [4.69, 9.17) is 9.47 Å². The van der Waals surface area contributed by atoms with Crippen LogP contribution in [0.4, 0.5) is 18.9 Å². The molecule has 0 saturated carbocycles. The monoisotopic (exact) mass is 431 g/mol. The van der Waals surface area contributed by atoms with Gasteiger partial charge in [-0.3, -0.25) is 4.90 Å². The molecule has 1 unspecified atom stereocenters. The lowest BCUT2D eigenvalue weighted by molar-refractivity contribution is -0.140. The van der Waals surface area contributed by atoms with Crippen LogP contribution in [-0.4, -0.2) is 49.8 Å². The Labute approximate surface area is 178 Å². The van der Waals surface area contributed by atoms with Gasteiger partial charge in [0.25, 0.3) is 0 Å². The second kappa shape index (κ2) is 9.11. The largest absolute Gasteiger partial charge is 0.497 e. The molecule has 2 aromatic carbocycles. The molecule has 0 bridgehead atoms. The first-order valence-corrected chi connectivity index (χ1v) is 10.1. The first-order valence-electron chi connectivity index (χ1n) is 10.1. The third-order valence-electron chi connectivity index (χ3n) is 5.48. The lowest BCUT2D eigenvalue weighted by Gasteiger charge is -2.35. The third-order valence-corrected chi connectivity index (χ3v) is 5.48. The summed E-state index contributed by atoms with van der Waals surface area (Å²) in [5.41, 5.74) is 0.891. The van der Waals surface area contributed by atoms with E-state index in [-0.39, 0.29) is 6.04 Å². The Balaban J connectivity index is 1.65. The van der Waals surface area contributed by atoms with Gasteiger partial charge in [0.2, 0.25) is 0 Å². The minimum Gasteiger partial charge on any atom is -0.497 e. The Bertz CT molecular complexity index is 1020. The van der Waals surface area contributed by atoms with E-state index >= 15 is 0 Å². The van der Waals surface area contributed by atoms with Gasteiger partial charge in [0.05, 0.1) is 31.9 Å². The van der Waals surface area contributed by atoms with E-state index in [0.717, 1.165) is 30.5 Å². The number of ether oxygens (including phenoxy) is 2. The maximum absolute atomic E-state index is 13.4. The van der Waals surface area contributed by atoms with Gasteiger partial charge >= 0.3 is 6.18 Å². The zero-order chi connectivity index (χ0) is 21.8. The number of alkyl halides is 3. The molecule has 164 valence electrons. The normalized spacial score (nSPS) is 16.3. The summed E-state index contributed by atoms with van der Waals surface area (Å²) in [6, 6.07) is 15.7. The molecular formula is C23H24F3N3O2. The number of methoxy groups -OCH3 is 1. The van der Waals surface area contributed by atoms with E-state index in [2.05, 4.69) is 15.2 Å². The van der Waals surface area contributed by atoms with Crippen LogP contribution in [0.3, 0.4) is 0 Å². The van der Waals surface area contributed by atoms with Crippen molar-refractivity contribution < 1.29 is 22.6 Å². The molecule has 5 nitrogen and oxygen atoms in total. The number of para-hydroxylation sites is 1. The average Bonchev–Trinajstić information content (AvgIpc) is 2.79. The van der Waals surface area contributed by atoms with Crippen molar-refractivity contribution in [3.05, 3.63) is 65.9 Å². The molecule has 2 heterocycles. The number of aromatic nitrogens is 1. The minimum atomic E-state index is -4.51. The molecule has 1 aromatic heterocycles. The van der Waals surface area contributed by atoms with E-state index < -0.39 is 11.9 Å².